The van der Waals surface area contributed by atoms with Gasteiger partial charge >= 0.3 is 5.97 Å². The predicted molar refractivity (Wildman–Crippen MR) is 92.7 cm³/mol. The Morgan fingerprint density at radius 2 is 1.42 bits per heavy atom. The van der Waals surface area contributed by atoms with Crippen molar-refractivity contribution in [1.82, 2.24) is 0 Å². The minimum absolute atomic E-state index is 0.227. The van der Waals surface area contributed by atoms with E-state index >= 15 is 0 Å². The Morgan fingerprint density at radius 3 is 1.92 bits per heavy atom. The van der Waals surface area contributed by atoms with Crippen molar-refractivity contribution >= 4 is 17.1 Å². The molecule has 0 saturated carbocycles. The van der Waals surface area contributed by atoms with Crippen LogP contribution in [-0.4, -0.2) is 32.4 Å². The molecule has 24 heavy (non-hydrogen) atoms. The van der Waals surface area contributed by atoms with Gasteiger partial charge in [0.2, 0.25) is 0 Å². The van der Waals surface area contributed by atoms with Gasteiger partial charge in [-0.3, -0.25) is 0 Å². The second-order valence-electron chi connectivity index (χ2n) is 5.10. The number of hydrogen-bond acceptors (Lipinski definition) is 4. The molecule has 0 aliphatic rings. The third-order valence-electron chi connectivity index (χ3n) is 3.78. The van der Waals surface area contributed by atoms with Crippen LogP contribution in [0.15, 0.2) is 42.5 Å². The molecule has 0 aliphatic carbocycles. The second-order valence-corrected chi connectivity index (χ2v) is 5.10. The van der Waals surface area contributed by atoms with Gasteiger partial charge in [0.1, 0.15) is 5.75 Å². The standard InChI is InChI=1S/C19H20O5/c1-12(14-7-10-16(23-3)17(11-14)24-4)18(19(20)21)13-5-8-15(22-2)9-6-13/h5-11H,1-4H3,(H,20,21). The third kappa shape index (κ3) is 3.51. The molecule has 2 rings (SSSR count). The molecule has 126 valence electrons. The summed E-state index contributed by atoms with van der Waals surface area (Å²) in [6.07, 6.45) is 0. The first kappa shape index (κ1) is 17.4. The molecule has 2 aromatic rings. The van der Waals surface area contributed by atoms with Crippen LogP contribution in [0.3, 0.4) is 0 Å². The zero-order chi connectivity index (χ0) is 17.7. The van der Waals surface area contributed by atoms with E-state index in [0.29, 0.717) is 28.4 Å². The molecule has 0 atom stereocenters. The van der Waals surface area contributed by atoms with Gasteiger partial charge in [-0.2, -0.15) is 0 Å². The summed E-state index contributed by atoms with van der Waals surface area (Å²) in [6.45, 7) is 1.77. The number of carboxylic acids is 1. The molecule has 0 saturated heterocycles. The zero-order valence-corrected chi connectivity index (χ0v) is 14.1. The quantitative estimate of drug-likeness (QED) is 0.646. The highest BCUT2D eigenvalue weighted by Crippen LogP contribution is 2.33. The second kappa shape index (κ2) is 7.55. The van der Waals surface area contributed by atoms with Gasteiger partial charge in [0.15, 0.2) is 11.5 Å². The van der Waals surface area contributed by atoms with Gasteiger partial charge in [0, 0.05) is 0 Å². The Bertz CT molecular complexity index is 760. The Labute approximate surface area is 141 Å². The number of carboxylic acid groups (broad SMARTS) is 1. The average Bonchev–Trinajstić information content (AvgIpc) is 2.61. The van der Waals surface area contributed by atoms with E-state index in [1.807, 2.05) is 6.07 Å². The summed E-state index contributed by atoms with van der Waals surface area (Å²) in [5.41, 5.74) is 2.22. The van der Waals surface area contributed by atoms with Crippen molar-refractivity contribution in [1.29, 1.82) is 0 Å². The van der Waals surface area contributed by atoms with Crippen LogP contribution in [-0.2, 0) is 4.79 Å². The number of hydrogen-bond donors (Lipinski definition) is 1. The molecule has 0 unspecified atom stereocenters. The number of methoxy groups -OCH3 is 3. The van der Waals surface area contributed by atoms with E-state index in [9.17, 15) is 9.90 Å². The molecule has 5 heteroatoms. The summed E-state index contributed by atoms with van der Waals surface area (Å²) in [7, 11) is 4.67. The maximum Gasteiger partial charge on any atom is 0.336 e. The Hall–Kier alpha value is -2.95. The summed E-state index contributed by atoms with van der Waals surface area (Å²) in [6, 6.07) is 12.3. The first-order valence-electron chi connectivity index (χ1n) is 7.32. The molecule has 0 amide bonds. The molecular weight excluding hydrogens is 308 g/mol. The summed E-state index contributed by atoms with van der Waals surface area (Å²) in [4.78, 5) is 11.8. The van der Waals surface area contributed by atoms with Gasteiger partial charge in [-0.1, -0.05) is 18.2 Å². The Kier molecular flexibility index (Phi) is 5.47. The maximum atomic E-state index is 11.8. The Balaban J connectivity index is 2.56. The van der Waals surface area contributed by atoms with E-state index in [2.05, 4.69) is 0 Å². The smallest absolute Gasteiger partial charge is 0.336 e. The van der Waals surface area contributed by atoms with Crippen LogP contribution in [0.2, 0.25) is 0 Å². The summed E-state index contributed by atoms with van der Waals surface area (Å²) in [5, 5.41) is 9.67. The fourth-order valence-electron chi connectivity index (χ4n) is 2.47. The first-order chi connectivity index (χ1) is 11.5. The van der Waals surface area contributed by atoms with Crippen molar-refractivity contribution in [3.05, 3.63) is 53.6 Å². The van der Waals surface area contributed by atoms with Crippen molar-refractivity contribution in [3.8, 4) is 17.2 Å². The molecule has 0 fully saturated rings. The summed E-state index contributed by atoms with van der Waals surface area (Å²) < 4.78 is 15.6. The zero-order valence-electron chi connectivity index (χ0n) is 14.1. The van der Waals surface area contributed by atoms with Crippen LogP contribution in [0.25, 0.3) is 11.1 Å². The normalized spacial score (nSPS) is 11.5. The Morgan fingerprint density at radius 1 is 0.833 bits per heavy atom. The largest absolute Gasteiger partial charge is 0.497 e. The van der Waals surface area contributed by atoms with Gasteiger partial charge in [-0.05, 0) is 47.9 Å². The van der Waals surface area contributed by atoms with Crippen LogP contribution in [0.1, 0.15) is 18.1 Å². The van der Waals surface area contributed by atoms with Gasteiger partial charge in [-0.25, -0.2) is 4.79 Å². The number of benzene rings is 2. The number of allylic oxidation sites excluding steroid dienone is 1. The van der Waals surface area contributed by atoms with Crippen molar-refractivity contribution in [2.24, 2.45) is 0 Å². The predicted octanol–water partition coefficient (Wildman–Crippen LogP) is 3.73. The highest BCUT2D eigenvalue weighted by Gasteiger charge is 2.17. The minimum Gasteiger partial charge on any atom is -0.497 e. The third-order valence-corrected chi connectivity index (χ3v) is 3.78. The number of rotatable bonds is 6. The fraction of sp³-hybridized carbons (Fsp3) is 0.211. The van der Waals surface area contributed by atoms with Crippen molar-refractivity contribution in [2.75, 3.05) is 21.3 Å². The lowest BCUT2D eigenvalue weighted by Crippen LogP contribution is -2.03. The van der Waals surface area contributed by atoms with Crippen LogP contribution in [0, 0.1) is 0 Å². The molecule has 0 aromatic heterocycles. The van der Waals surface area contributed by atoms with E-state index in [0.717, 1.165) is 5.56 Å². The van der Waals surface area contributed by atoms with E-state index < -0.39 is 5.97 Å². The van der Waals surface area contributed by atoms with Crippen LogP contribution in [0.4, 0.5) is 0 Å². The number of aliphatic carboxylic acids is 1. The highest BCUT2D eigenvalue weighted by atomic mass is 16.5. The van der Waals surface area contributed by atoms with Crippen molar-refractivity contribution < 1.29 is 24.1 Å². The minimum atomic E-state index is -0.993. The lowest BCUT2D eigenvalue weighted by atomic mass is 9.95. The summed E-state index contributed by atoms with van der Waals surface area (Å²) in [5.74, 6) is 0.823. The number of ether oxygens (including phenoxy) is 3. The fourth-order valence-corrected chi connectivity index (χ4v) is 2.47. The van der Waals surface area contributed by atoms with Gasteiger partial charge < -0.3 is 19.3 Å². The van der Waals surface area contributed by atoms with Gasteiger partial charge in [-0.15, -0.1) is 0 Å². The molecule has 1 N–H and O–H groups in total. The molecule has 5 nitrogen and oxygen atoms in total. The van der Waals surface area contributed by atoms with E-state index in [1.165, 1.54) is 0 Å². The molecule has 0 radical (unpaired) electrons. The van der Waals surface area contributed by atoms with E-state index in [-0.39, 0.29) is 5.57 Å². The highest BCUT2D eigenvalue weighted by molar-refractivity contribution is 6.23. The van der Waals surface area contributed by atoms with E-state index in [1.54, 1.807) is 64.7 Å². The lowest BCUT2D eigenvalue weighted by Gasteiger charge is -2.13. The van der Waals surface area contributed by atoms with Crippen LogP contribution < -0.4 is 14.2 Å². The van der Waals surface area contributed by atoms with Crippen molar-refractivity contribution in [2.45, 2.75) is 6.92 Å². The molecule has 2 aromatic carbocycles. The molecule has 0 bridgehead atoms. The lowest BCUT2D eigenvalue weighted by molar-refractivity contribution is -0.130. The monoisotopic (exact) mass is 328 g/mol. The SMILES string of the molecule is COc1ccc(C(C(=O)O)=C(C)c2ccc(OC)c(OC)c2)cc1. The maximum absolute atomic E-state index is 11.8. The number of carbonyl (C=O) groups is 1. The first-order valence-corrected chi connectivity index (χ1v) is 7.32. The van der Waals surface area contributed by atoms with Crippen LogP contribution in [0.5, 0.6) is 17.2 Å². The van der Waals surface area contributed by atoms with Gasteiger partial charge in [0.25, 0.3) is 0 Å². The van der Waals surface area contributed by atoms with Crippen LogP contribution >= 0.6 is 0 Å². The summed E-state index contributed by atoms with van der Waals surface area (Å²) >= 11 is 0. The average molecular weight is 328 g/mol. The molecule has 0 heterocycles. The molecular formula is C19H20O5. The molecule has 0 aliphatic heterocycles. The van der Waals surface area contributed by atoms with Crippen molar-refractivity contribution in [3.63, 3.8) is 0 Å². The van der Waals surface area contributed by atoms with Gasteiger partial charge in [0.05, 0.1) is 26.9 Å². The van der Waals surface area contributed by atoms with E-state index in [4.69, 9.17) is 14.2 Å². The molecule has 0 spiro atoms. The topological polar surface area (TPSA) is 65.0 Å².